The molecular weight excluding hydrogens is 240 g/mol. The molecule has 0 aliphatic carbocycles. The van der Waals surface area contributed by atoms with E-state index in [1.54, 1.807) is 5.19 Å². The van der Waals surface area contributed by atoms with E-state index in [1.165, 1.54) is 37.0 Å². The molecule has 0 radical (unpaired) electrons. The van der Waals surface area contributed by atoms with Crippen LogP contribution in [0.5, 0.6) is 5.75 Å². The number of hydrogen-bond donors (Lipinski definition) is 0. The van der Waals surface area contributed by atoms with Crippen LogP contribution >= 0.6 is 0 Å². The maximum Gasteiger partial charge on any atom is 0.248 e. The minimum atomic E-state index is -1.28. The van der Waals surface area contributed by atoms with Crippen molar-refractivity contribution < 1.29 is 4.43 Å². The van der Waals surface area contributed by atoms with Crippen molar-refractivity contribution in [1.29, 1.82) is 0 Å². The molecule has 3 heteroatoms. The number of benzene rings is 1. The molecule has 1 aromatic rings. The van der Waals surface area contributed by atoms with Crippen LogP contribution < -0.4 is 9.61 Å². The second kappa shape index (κ2) is 3.99. The maximum absolute atomic E-state index is 6.21. The van der Waals surface area contributed by atoms with Crippen LogP contribution in [-0.2, 0) is 0 Å². The van der Waals surface area contributed by atoms with Gasteiger partial charge in [0.25, 0.3) is 0 Å². The Morgan fingerprint density at radius 1 is 0.882 bits per heavy atom. The first-order chi connectivity index (χ1) is 8.10. The number of rotatable bonds is 3. The van der Waals surface area contributed by atoms with Crippen LogP contribution in [0.2, 0.25) is 37.3 Å². The molecule has 1 nitrogen and oxygen atoms in total. The third-order valence-corrected chi connectivity index (χ3v) is 13.0. The average molecular weight is 263 g/mol. The van der Waals surface area contributed by atoms with E-state index in [0.29, 0.717) is 0 Å². The van der Waals surface area contributed by atoms with Gasteiger partial charge in [-0.25, -0.2) is 0 Å². The predicted octanol–water partition coefficient (Wildman–Crippen LogP) is 3.73. The Bertz CT molecular complexity index is 405. The smallest absolute Gasteiger partial charge is 0.248 e. The molecule has 0 saturated carbocycles. The van der Waals surface area contributed by atoms with Crippen LogP contribution in [0.25, 0.3) is 0 Å². The summed E-state index contributed by atoms with van der Waals surface area (Å²) in [6.45, 7) is 4.89. The Hall–Kier alpha value is -0.546. The summed E-state index contributed by atoms with van der Waals surface area (Å²) in [4.78, 5) is 0. The van der Waals surface area contributed by atoms with Gasteiger partial charge in [0.2, 0.25) is 8.32 Å². The Labute approximate surface area is 106 Å². The van der Waals surface area contributed by atoms with Crippen LogP contribution in [0, 0.1) is 0 Å². The highest BCUT2D eigenvalue weighted by Crippen LogP contribution is 2.35. The van der Waals surface area contributed by atoms with E-state index in [1.807, 2.05) is 0 Å². The molecule has 92 valence electrons. The van der Waals surface area contributed by atoms with Crippen molar-refractivity contribution in [3.63, 3.8) is 0 Å². The molecule has 0 bridgehead atoms. The van der Waals surface area contributed by atoms with Gasteiger partial charge in [-0.05, 0) is 30.8 Å². The molecule has 0 aromatic heterocycles. The highest BCUT2D eigenvalue weighted by atomic mass is 28.4. The van der Waals surface area contributed by atoms with E-state index < -0.39 is 16.4 Å². The van der Waals surface area contributed by atoms with E-state index in [4.69, 9.17) is 4.43 Å². The highest BCUT2D eigenvalue weighted by Gasteiger charge is 2.39. The molecule has 0 N–H and O–H groups in total. The monoisotopic (exact) mass is 262 g/mol. The van der Waals surface area contributed by atoms with E-state index >= 15 is 0 Å². The largest absolute Gasteiger partial charge is 0.544 e. The van der Waals surface area contributed by atoms with Gasteiger partial charge >= 0.3 is 0 Å². The van der Waals surface area contributed by atoms with Crippen LogP contribution in [-0.4, -0.2) is 16.4 Å². The molecule has 2 fully saturated rings. The minimum absolute atomic E-state index is 0.993. The second-order valence-electron chi connectivity index (χ2n) is 6.34. The Morgan fingerprint density at radius 3 is 1.88 bits per heavy atom. The van der Waals surface area contributed by atoms with Gasteiger partial charge < -0.3 is 4.43 Å². The molecule has 2 aliphatic rings. The van der Waals surface area contributed by atoms with Gasteiger partial charge in [-0.3, -0.25) is 0 Å². The van der Waals surface area contributed by atoms with E-state index in [0.717, 1.165) is 5.75 Å². The Kier molecular flexibility index (Phi) is 2.71. The highest BCUT2D eigenvalue weighted by molar-refractivity contribution is 6.92. The summed E-state index contributed by atoms with van der Waals surface area (Å²) in [6, 6.07) is 14.8. The van der Waals surface area contributed by atoms with Crippen molar-refractivity contribution in [2.45, 2.75) is 50.1 Å². The third-order valence-electron chi connectivity index (χ3n) is 4.78. The fraction of sp³-hybridized carbons (Fsp3) is 0.571. The fourth-order valence-electron chi connectivity index (χ4n) is 2.98. The lowest BCUT2D eigenvalue weighted by molar-refractivity contribution is 0.507. The molecule has 2 heterocycles. The van der Waals surface area contributed by atoms with E-state index in [9.17, 15) is 0 Å². The molecule has 0 atom stereocenters. The van der Waals surface area contributed by atoms with Gasteiger partial charge in [0.05, 0.1) is 8.07 Å². The first-order valence-electron chi connectivity index (χ1n) is 6.89. The molecule has 3 rings (SSSR count). The summed E-state index contributed by atoms with van der Waals surface area (Å²) in [5.74, 6) is 1.12. The van der Waals surface area contributed by atoms with Gasteiger partial charge in [0.15, 0.2) is 0 Å². The van der Waals surface area contributed by atoms with Gasteiger partial charge in [-0.2, -0.15) is 0 Å². The maximum atomic E-state index is 6.21. The number of hydrogen-bond acceptors (Lipinski definition) is 1. The zero-order chi connectivity index (χ0) is 11.9. The van der Waals surface area contributed by atoms with Crippen LogP contribution in [0.15, 0.2) is 24.3 Å². The van der Waals surface area contributed by atoms with Crippen molar-refractivity contribution in [1.82, 2.24) is 0 Å². The van der Waals surface area contributed by atoms with Gasteiger partial charge in [-0.1, -0.05) is 48.8 Å². The molecule has 0 unspecified atom stereocenters. The molecule has 0 spiro atoms. The quantitative estimate of drug-likeness (QED) is 0.754. The average Bonchev–Trinajstić information content (AvgIpc) is 2.25. The zero-order valence-electron chi connectivity index (χ0n) is 11.0. The normalized spacial score (nSPS) is 24.6. The fourth-order valence-corrected chi connectivity index (χ4v) is 8.20. The van der Waals surface area contributed by atoms with Gasteiger partial charge in [0.1, 0.15) is 5.75 Å². The summed E-state index contributed by atoms with van der Waals surface area (Å²) in [5.41, 5.74) is 0. The van der Waals surface area contributed by atoms with E-state index in [2.05, 4.69) is 37.4 Å². The first-order valence-corrected chi connectivity index (χ1v) is 12.6. The SMILES string of the molecule is C[Si]1(Oc2ccc([Si]3(C)CCC3)cc2)CCC1. The third kappa shape index (κ3) is 2.10. The van der Waals surface area contributed by atoms with Crippen molar-refractivity contribution in [3.05, 3.63) is 24.3 Å². The first kappa shape index (κ1) is 11.5. The summed E-state index contributed by atoms with van der Waals surface area (Å²) < 4.78 is 6.21. The summed E-state index contributed by atoms with van der Waals surface area (Å²) in [5, 5.41) is 1.64. The lowest BCUT2D eigenvalue weighted by Crippen LogP contribution is -2.50. The summed E-state index contributed by atoms with van der Waals surface area (Å²) in [6.07, 6.45) is 2.83. The Balaban J connectivity index is 1.71. The lowest BCUT2D eigenvalue weighted by atomic mass is 10.3. The molecule has 1 aromatic carbocycles. The van der Waals surface area contributed by atoms with Crippen molar-refractivity contribution in [2.24, 2.45) is 0 Å². The topological polar surface area (TPSA) is 9.23 Å². The lowest BCUT2D eigenvalue weighted by Gasteiger charge is -2.38. The van der Waals surface area contributed by atoms with Crippen LogP contribution in [0.3, 0.4) is 0 Å². The summed E-state index contributed by atoms with van der Waals surface area (Å²) >= 11 is 0. The standard InChI is InChI=1S/C14H22OSi2/c1-16(9-3-10-16)14-7-5-13(6-8-14)15-17(2)11-4-12-17/h5-8H,3-4,9-12H2,1-2H3. The minimum Gasteiger partial charge on any atom is -0.544 e. The van der Waals surface area contributed by atoms with Crippen molar-refractivity contribution in [3.8, 4) is 5.75 Å². The Morgan fingerprint density at radius 2 is 1.47 bits per heavy atom. The zero-order valence-corrected chi connectivity index (χ0v) is 13.0. The molecule has 2 aliphatic heterocycles. The molecule has 0 amide bonds. The molecular formula is C14H22OSi2. The van der Waals surface area contributed by atoms with Crippen LogP contribution in [0.4, 0.5) is 0 Å². The molecule has 17 heavy (non-hydrogen) atoms. The van der Waals surface area contributed by atoms with Crippen LogP contribution in [0.1, 0.15) is 12.8 Å². The molecule has 2 saturated heterocycles. The predicted molar refractivity (Wildman–Crippen MR) is 78.4 cm³/mol. The summed E-state index contributed by atoms with van der Waals surface area (Å²) in [7, 11) is -2.28. The van der Waals surface area contributed by atoms with Gasteiger partial charge in [-0.15, -0.1) is 0 Å². The van der Waals surface area contributed by atoms with Crippen molar-refractivity contribution >= 4 is 21.6 Å². The van der Waals surface area contributed by atoms with E-state index in [-0.39, 0.29) is 0 Å². The van der Waals surface area contributed by atoms with Crippen molar-refractivity contribution in [2.75, 3.05) is 0 Å². The van der Waals surface area contributed by atoms with Gasteiger partial charge in [0, 0.05) is 0 Å². The second-order valence-corrected chi connectivity index (χ2v) is 15.1.